The summed E-state index contributed by atoms with van der Waals surface area (Å²) in [6, 6.07) is 0. The minimum atomic E-state index is -4.58. The number of aryl methyl sites for hydroxylation is 1. The first-order chi connectivity index (χ1) is 6.75. The van der Waals surface area contributed by atoms with Crippen molar-refractivity contribution in [1.82, 2.24) is 4.98 Å². The summed E-state index contributed by atoms with van der Waals surface area (Å²) in [5, 5.41) is 9.45. The molecule has 0 saturated heterocycles. The van der Waals surface area contributed by atoms with Crippen LogP contribution in [0.2, 0.25) is 0 Å². The van der Waals surface area contributed by atoms with Crippen LogP contribution in [0.3, 0.4) is 0 Å². The van der Waals surface area contributed by atoms with Crippen molar-refractivity contribution in [2.24, 2.45) is 0 Å². The van der Waals surface area contributed by atoms with Gasteiger partial charge in [-0.3, -0.25) is 4.98 Å². The Morgan fingerprint density at radius 1 is 1.33 bits per heavy atom. The average molecular weight is 232 g/mol. The molecule has 0 aromatic carbocycles. The summed E-state index contributed by atoms with van der Waals surface area (Å²) in [6.45, 7) is 2.96. The lowest BCUT2D eigenvalue weighted by Crippen LogP contribution is -2.08. The molecule has 15 heavy (non-hydrogen) atoms. The fourth-order valence-electron chi connectivity index (χ4n) is 1.10. The van der Waals surface area contributed by atoms with E-state index >= 15 is 0 Å². The minimum Gasteiger partial charge on any atom is -0.506 e. The van der Waals surface area contributed by atoms with Gasteiger partial charge >= 0.3 is 13.5 Å². The maximum Gasteiger partial charge on any atom is 0.483 e. The fraction of sp³-hybridized carbons (Fsp3) is 0.250. The van der Waals surface area contributed by atoms with Crippen LogP contribution in [0.4, 0.5) is 0 Å². The summed E-state index contributed by atoms with van der Waals surface area (Å²) in [7, 11) is -4.58. The highest BCUT2D eigenvalue weighted by Crippen LogP contribution is 2.48. The van der Waals surface area contributed by atoms with Crippen molar-refractivity contribution in [2.45, 2.75) is 13.8 Å². The van der Waals surface area contributed by atoms with E-state index in [9.17, 15) is 9.90 Å². The van der Waals surface area contributed by atoms with Crippen LogP contribution in [0, 0.1) is 13.8 Å². The summed E-state index contributed by atoms with van der Waals surface area (Å²) in [4.78, 5) is 41.3. The molecule has 0 aliphatic heterocycles. The van der Waals surface area contributed by atoms with Crippen molar-refractivity contribution >= 4 is 13.5 Å². The Balaban J connectivity index is 3.29. The molecule has 1 rings (SSSR count). The highest BCUT2D eigenvalue weighted by molar-refractivity contribution is 7.76. The van der Waals surface area contributed by atoms with Crippen molar-refractivity contribution in [3.63, 3.8) is 0 Å². The molecule has 0 unspecified atom stereocenters. The molecule has 0 bridgehead atoms. The van der Waals surface area contributed by atoms with Crippen LogP contribution in [0.1, 0.15) is 21.6 Å². The second kappa shape index (κ2) is 3.83. The van der Waals surface area contributed by atoms with E-state index in [2.05, 4.69) is 4.98 Å². The molecule has 6 nitrogen and oxygen atoms in total. The van der Waals surface area contributed by atoms with Gasteiger partial charge in [0.15, 0.2) is 0 Å². The molecule has 1 aromatic rings. The lowest BCUT2D eigenvalue weighted by Gasteiger charge is -2.07. The molecule has 0 spiro atoms. The summed E-state index contributed by atoms with van der Waals surface area (Å²) in [6.07, 6.45) is 1.09. The second-order valence-corrected chi connectivity index (χ2v) is 4.65. The van der Waals surface area contributed by atoms with Gasteiger partial charge in [-0.05, 0) is 13.8 Å². The topological polar surface area (TPSA) is 111 Å². The van der Waals surface area contributed by atoms with E-state index in [1.807, 2.05) is 0 Å². The van der Waals surface area contributed by atoms with Crippen LogP contribution >= 0.6 is 7.94 Å². The quantitative estimate of drug-likeness (QED) is 0.545. The molecule has 0 aliphatic carbocycles. The van der Waals surface area contributed by atoms with E-state index in [1.165, 1.54) is 13.8 Å². The molecule has 0 atom stereocenters. The predicted octanol–water partition coefficient (Wildman–Crippen LogP) is 0.284. The zero-order valence-corrected chi connectivity index (χ0v) is 9.06. The van der Waals surface area contributed by atoms with Gasteiger partial charge in [-0.15, -0.1) is 0 Å². The summed E-state index contributed by atoms with van der Waals surface area (Å²) in [5.74, 6) is -0.200. The smallest absolute Gasteiger partial charge is 0.483 e. The third-order valence-corrected chi connectivity index (χ3v) is 2.78. The number of hydrogen-bond donors (Lipinski definition) is 4. The maximum atomic E-state index is 11.3. The first kappa shape index (κ1) is 12.0. The molecule has 1 heterocycles. The zero-order valence-electron chi connectivity index (χ0n) is 8.17. The number of aromatic nitrogens is 1. The van der Waals surface area contributed by atoms with E-state index in [0.717, 1.165) is 6.20 Å². The average Bonchev–Trinajstić information content (AvgIpc) is 2.12. The Bertz CT molecular complexity index is 412. The van der Waals surface area contributed by atoms with Crippen LogP contribution in [-0.2, 0) is 0 Å². The van der Waals surface area contributed by atoms with Gasteiger partial charge in [-0.25, -0.2) is 4.79 Å². The van der Waals surface area contributed by atoms with Gasteiger partial charge in [0.25, 0.3) is 0 Å². The molecular weight excluding hydrogens is 221 g/mol. The zero-order chi connectivity index (χ0) is 11.8. The minimum absolute atomic E-state index is 0.161. The molecule has 0 amide bonds. The SMILES string of the molecule is Cc1ncc(C(=O)[P+](O)(O)O)c(C)c1O. The normalized spacial score (nSPS) is 11.5. The first-order valence-corrected chi connectivity index (χ1v) is 5.67. The van der Waals surface area contributed by atoms with Crippen molar-refractivity contribution in [3.05, 3.63) is 23.0 Å². The second-order valence-electron chi connectivity index (χ2n) is 3.10. The van der Waals surface area contributed by atoms with Gasteiger partial charge < -0.3 is 5.11 Å². The standard InChI is InChI=1S/C8H10NO5P/c1-4-6(8(11)15(12,13)14)3-9-5(2)7(4)10/h3,12-14H,1-2H3/p+1. The monoisotopic (exact) mass is 232 g/mol. The largest absolute Gasteiger partial charge is 0.506 e. The van der Waals surface area contributed by atoms with Crippen LogP contribution in [0.5, 0.6) is 5.75 Å². The molecule has 0 aliphatic rings. The van der Waals surface area contributed by atoms with Crippen molar-refractivity contribution < 1.29 is 24.6 Å². The molecule has 82 valence electrons. The molecule has 7 heteroatoms. The predicted molar refractivity (Wildman–Crippen MR) is 53.3 cm³/mol. The van der Waals surface area contributed by atoms with Gasteiger partial charge in [-0.1, -0.05) is 0 Å². The Hall–Kier alpha value is -1.07. The third kappa shape index (κ3) is 2.30. The Morgan fingerprint density at radius 2 is 1.87 bits per heavy atom. The number of nitrogens with zero attached hydrogens (tertiary/aromatic N) is 1. The van der Waals surface area contributed by atoms with Crippen LogP contribution in [0.25, 0.3) is 0 Å². The van der Waals surface area contributed by atoms with Gasteiger partial charge in [0.1, 0.15) is 5.75 Å². The Labute approximate surface area is 86.4 Å². The van der Waals surface area contributed by atoms with Crippen LogP contribution in [0.15, 0.2) is 6.20 Å². The van der Waals surface area contributed by atoms with Crippen molar-refractivity contribution in [3.8, 4) is 5.75 Å². The molecule has 0 radical (unpaired) electrons. The Morgan fingerprint density at radius 3 is 2.33 bits per heavy atom. The van der Waals surface area contributed by atoms with Gasteiger partial charge in [-0.2, -0.15) is 14.7 Å². The first-order valence-electron chi connectivity index (χ1n) is 4.02. The van der Waals surface area contributed by atoms with E-state index in [-0.39, 0.29) is 16.9 Å². The molecule has 1 aromatic heterocycles. The molecule has 0 saturated carbocycles. The molecular formula is C8H11NO5P+. The van der Waals surface area contributed by atoms with Crippen molar-refractivity contribution in [1.29, 1.82) is 0 Å². The number of carbonyl (C=O) groups is 1. The van der Waals surface area contributed by atoms with Crippen LogP contribution < -0.4 is 0 Å². The third-order valence-electron chi connectivity index (χ3n) is 1.99. The highest BCUT2D eigenvalue weighted by Gasteiger charge is 2.44. The Kier molecular flexibility index (Phi) is 3.06. The van der Waals surface area contributed by atoms with E-state index in [0.29, 0.717) is 5.69 Å². The van der Waals surface area contributed by atoms with Gasteiger partial charge in [0, 0.05) is 11.8 Å². The number of carbonyl (C=O) groups excluding carboxylic acids is 1. The van der Waals surface area contributed by atoms with Crippen LogP contribution in [-0.4, -0.2) is 30.3 Å². The lowest BCUT2D eigenvalue weighted by molar-refractivity contribution is 0.102. The van der Waals surface area contributed by atoms with Crippen molar-refractivity contribution in [2.75, 3.05) is 0 Å². The molecule has 4 N–H and O–H groups in total. The number of hydrogen-bond acceptors (Lipinski definition) is 6. The summed E-state index contributed by atoms with van der Waals surface area (Å²) >= 11 is 0. The molecule has 0 fully saturated rings. The summed E-state index contributed by atoms with van der Waals surface area (Å²) < 4.78 is 0. The van der Waals surface area contributed by atoms with Gasteiger partial charge in [0.05, 0.1) is 11.3 Å². The summed E-state index contributed by atoms with van der Waals surface area (Å²) in [5.41, 5.74) is -0.933. The van der Waals surface area contributed by atoms with E-state index in [4.69, 9.17) is 14.7 Å². The lowest BCUT2D eigenvalue weighted by atomic mass is 10.1. The number of aromatic hydroxyl groups is 1. The fourth-order valence-corrected chi connectivity index (χ4v) is 1.64. The maximum absolute atomic E-state index is 11.3. The number of pyridine rings is 1. The van der Waals surface area contributed by atoms with E-state index < -0.39 is 13.5 Å². The number of rotatable bonds is 2. The van der Waals surface area contributed by atoms with E-state index in [1.54, 1.807) is 0 Å². The highest BCUT2D eigenvalue weighted by atomic mass is 31.2. The van der Waals surface area contributed by atoms with Gasteiger partial charge in [0.2, 0.25) is 0 Å².